The Balaban J connectivity index is 1.65. The molecule has 1 aliphatic heterocycles. The summed E-state index contributed by atoms with van der Waals surface area (Å²) in [6.45, 7) is 1.24. The molecule has 2 aromatic carbocycles. The van der Waals surface area contributed by atoms with Gasteiger partial charge in [0.15, 0.2) is 0 Å². The number of primary amides is 1. The quantitative estimate of drug-likeness (QED) is 0.771. The summed E-state index contributed by atoms with van der Waals surface area (Å²) < 4.78 is 15.3. The summed E-state index contributed by atoms with van der Waals surface area (Å²) in [7, 11) is 0. The van der Waals surface area contributed by atoms with Crippen molar-refractivity contribution in [3.05, 3.63) is 59.8 Å². The molecule has 2 heterocycles. The molecule has 5 nitrogen and oxygen atoms in total. The molecule has 1 saturated heterocycles. The van der Waals surface area contributed by atoms with Crippen LogP contribution in [0.3, 0.4) is 0 Å². The van der Waals surface area contributed by atoms with E-state index >= 15 is 0 Å². The zero-order valence-electron chi connectivity index (χ0n) is 13.7. The summed E-state index contributed by atoms with van der Waals surface area (Å²) in [4.78, 5) is 11.5. The Morgan fingerprint density at radius 1 is 1.20 bits per heavy atom. The van der Waals surface area contributed by atoms with Crippen LogP contribution >= 0.6 is 0 Å². The number of alkyl halides is 1. The largest absolute Gasteiger partial charge is 0.366 e. The molecule has 0 aliphatic carbocycles. The molecule has 2 atom stereocenters. The highest BCUT2D eigenvalue weighted by molar-refractivity contribution is 6.04. The molecule has 0 spiro atoms. The van der Waals surface area contributed by atoms with E-state index in [2.05, 4.69) is 10.4 Å². The lowest BCUT2D eigenvalue weighted by atomic mass is 9.91. The Bertz CT molecular complexity index is 919. The standard InChI is InChI=1S/C19H19FN4O/c20-15-8-14(9-22-10-15)12-4-6-16(7-5-12)24-11-13-2-1-3-17(19(21)25)18(13)23-24/h1-7,11,14-15,22H,8-10H2,(H2,21,25). The Kier molecular flexibility index (Phi) is 3.97. The number of hydrogen-bond donors (Lipinski definition) is 2. The molecular formula is C19H19FN4O. The van der Waals surface area contributed by atoms with Crippen LogP contribution in [0.1, 0.15) is 28.3 Å². The number of halogens is 1. The van der Waals surface area contributed by atoms with Gasteiger partial charge in [0.1, 0.15) is 11.7 Å². The van der Waals surface area contributed by atoms with Gasteiger partial charge in [0, 0.05) is 24.7 Å². The fourth-order valence-electron chi connectivity index (χ4n) is 3.42. The van der Waals surface area contributed by atoms with Crippen molar-refractivity contribution in [1.82, 2.24) is 15.1 Å². The Hall–Kier alpha value is -2.73. The lowest BCUT2D eigenvalue weighted by Gasteiger charge is -2.26. The highest BCUT2D eigenvalue weighted by Gasteiger charge is 2.22. The molecule has 0 saturated carbocycles. The van der Waals surface area contributed by atoms with Gasteiger partial charge in [-0.25, -0.2) is 9.07 Å². The molecule has 1 amide bonds. The Morgan fingerprint density at radius 3 is 2.72 bits per heavy atom. The number of fused-ring (bicyclic) bond motifs is 1. The molecule has 128 valence electrons. The van der Waals surface area contributed by atoms with Crippen molar-refractivity contribution in [3.63, 3.8) is 0 Å². The number of nitrogens with zero attached hydrogens (tertiary/aromatic N) is 2. The lowest BCUT2D eigenvalue weighted by Crippen LogP contribution is -2.36. The molecule has 0 radical (unpaired) electrons. The second kappa shape index (κ2) is 6.29. The normalized spacial score (nSPS) is 20.7. The number of benzene rings is 2. The first kappa shape index (κ1) is 15.8. The molecule has 0 bridgehead atoms. The number of carbonyl (C=O) groups is 1. The Morgan fingerprint density at radius 2 is 2.00 bits per heavy atom. The van der Waals surface area contributed by atoms with Crippen LogP contribution in [0.2, 0.25) is 0 Å². The molecule has 1 fully saturated rings. The molecule has 3 aromatic rings. The predicted molar refractivity (Wildman–Crippen MR) is 94.7 cm³/mol. The van der Waals surface area contributed by atoms with E-state index < -0.39 is 12.1 Å². The van der Waals surface area contributed by atoms with Gasteiger partial charge in [-0.05, 0) is 36.1 Å². The summed E-state index contributed by atoms with van der Waals surface area (Å²) in [5.74, 6) is -0.298. The molecule has 6 heteroatoms. The van der Waals surface area contributed by atoms with Crippen LogP contribution in [0.4, 0.5) is 4.39 Å². The second-order valence-electron chi connectivity index (χ2n) is 6.46. The second-order valence-corrected chi connectivity index (χ2v) is 6.46. The zero-order chi connectivity index (χ0) is 17.4. The van der Waals surface area contributed by atoms with Gasteiger partial charge in [-0.1, -0.05) is 24.3 Å². The van der Waals surface area contributed by atoms with Crippen LogP contribution in [0.15, 0.2) is 48.7 Å². The van der Waals surface area contributed by atoms with Crippen molar-refractivity contribution in [1.29, 1.82) is 0 Å². The highest BCUT2D eigenvalue weighted by atomic mass is 19.1. The number of piperidine rings is 1. The van der Waals surface area contributed by atoms with E-state index in [1.165, 1.54) is 0 Å². The average Bonchev–Trinajstić information content (AvgIpc) is 3.06. The summed E-state index contributed by atoms with van der Waals surface area (Å²) in [6.07, 6.45) is 1.64. The van der Waals surface area contributed by atoms with E-state index in [0.29, 0.717) is 24.0 Å². The van der Waals surface area contributed by atoms with E-state index in [0.717, 1.165) is 23.2 Å². The minimum atomic E-state index is -0.790. The van der Waals surface area contributed by atoms with Crippen LogP contribution in [0.5, 0.6) is 0 Å². The topological polar surface area (TPSA) is 72.9 Å². The van der Waals surface area contributed by atoms with Gasteiger partial charge in [-0.15, -0.1) is 0 Å². The maximum atomic E-state index is 13.6. The molecule has 3 N–H and O–H groups in total. The first-order valence-corrected chi connectivity index (χ1v) is 8.35. The van der Waals surface area contributed by atoms with E-state index in [9.17, 15) is 9.18 Å². The molecule has 25 heavy (non-hydrogen) atoms. The van der Waals surface area contributed by atoms with Crippen LogP contribution in [0, 0.1) is 0 Å². The third-order valence-electron chi connectivity index (χ3n) is 4.73. The average molecular weight is 338 g/mol. The third kappa shape index (κ3) is 3.00. The van der Waals surface area contributed by atoms with Crippen molar-refractivity contribution < 1.29 is 9.18 Å². The fourth-order valence-corrected chi connectivity index (χ4v) is 3.42. The SMILES string of the molecule is NC(=O)c1cccc2cn(-c3ccc(C4CNCC(F)C4)cc3)nc12. The van der Waals surface area contributed by atoms with Crippen molar-refractivity contribution in [2.24, 2.45) is 5.73 Å². The number of hydrogen-bond acceptors (Lipinski definition) is 3. The molecule has 1 aromatic heterocycles. The van der Waals surface area contributed by atoms with Crippen LogP contribution in [-0.2, 0) is 0 Å². The fraction of sp³-hybridized carbons (Fsp3) is 0.263. The zero-order valence-corrected chi connectivity index (χ0v) is 13.7. The summed E-state index contributed by atoms with van der Waals surface area (Å²) in [5, 5.41) is 8.49. The minimum absolute atomic E-state index is 0.191. The number of amides is 1. The number of nitrogens with two attached hydrogens (primary N) is 1. The van der Waals surface area contributed by atoms with Crippen molar-refractivity contribution in [3.8, 4) is 5.69 Å². The third-order valence-corrected chi connectivity index (χ3v) is 4.73. The van der Waals surface area contributed by atoms with E-state index in [1.807, 2.05) is 36.5 Å². The number of rotatable bonds is 3. The number of nitrogens with one attached hydrogen (secondary N) is 1. The van der Waals surface area contributed by atoms with Gasteiger partial charge in [-0.2, -0.15) is 5.10 Å². The van der Waals surface area contributed by atoms with Gasteiger partial charge in [0.2, 0.25) is 0 Å². The van der Waals surface area contributed by atoms with Crippen molar-refractivity contribution >= 4 is 16.8 Å². The number of carbonyl (C=O) groups excluding carboxylic acids is 1. The summed E-state index contributed by atoms with van der Waals surface area (Å²) in [6, 6.07) is 13.3. The maximum Gasteiger partial charge on any atom is 0.250 e. The first-order chi connectivity index (χ1) is 12.1. The number of aromatic nitrogens is 2. The van der Waals surface area contributed by atoms with E-state index in [-0.39, 0.29) is 5.92 Å². The van der Waals surface area contributed by atoms with Gasteiger partial charge >= 0.3 is 0 Å². The minimum Gasteiger partial charge on any atom is -0.366 e. The van der Waals surface area contributed by atoms with Gasteiger partial charge in [0.25, 0.3) is 5.91 Å². The van der Waals surface area contributed by atoms with E-state index in [1.54, 1.807) is 16.8 Å². The van der Waals surface area contributed by atoms with Gasteiger partial charge < -0.3 is 11.1 Å². The molecular weight excluding hydrogens is 319 g/mol. The van der Waals surface area contributed by atoms with Crippen molar-refractivity contribution in [2.75, 3.05) is 13.1 Å². The predicted octanol–water partition coefficient (Wildman–Crippen LogP) is 2.54. The highest BCUT2D eigenvalue weighted by Crippen LogP contribution is 2.26. The van der Waals surface area contributed by atoms with Crippen LogP contribution in [-0.4, -0.2) is 34.9 Å². The van der Waals surface area contributed by atoms with Gasteiger partial charge in [-0.3, -0.25) is 4.79 Å². The van der Waals surface area contributed by atoms with Crippen LogP contribution in [0.25, 0.3) is 16.6 Å². The molecule has 1 aliphatic rings. The van der Waals surface area contributed by atoms with Gasteiger partial charge in [0.05, 0.1) is 11.3 Å². The summed E-state index contributed by atoms with van der Waals surface area (Å²) >= 11 is 0. The molecule has 2 unspecified atom stereocenters. The smallest absolute Gasteiger partial charge is 0.250 e. The first-order valence-electron chi connectivity index (χ1n) is 8.35. The van der Waals surface area contributed by atoms with E-state index in [4.69, 9.17) is 5.73 Å². The maximum absolute atomic E-state index is 13.6. The Labute approximate surface area is 144 Å². The molecule has 4 rings (SSSR count). The lowest BCUT2D eigenvalue weighted by molar-refractivity contribution is 0.100. The monoisotopic (exact) mass is 338 g/mol. The summed E-state index contributed by atoms with van der Waals surface area (Å²) in [5.41, 5.74) is 8.43. The van der Waals surface area contributed by atoms with Crippen LogP contribution < -0.4 is 11.1 Å². The van der Waals surface area contributed by atoms with Crippen molar-refractivity contribution in [2.45, 2.75) is 18.5 Å².